The Kier molecular flexibility index (Phi) is 3.23. The Balaban J connectivity index is 1.92. The number of benzene rings is 1. The van der Waals surface area contributed by atoms with Crippen molar-refractivity contribution in [1.82, 2.24) is 19.9 Å². The first-order chi connectivity index (χ1) is 9.63. The summed E-state index contributed by atoms with van der Waals surface area (Å²) in [6.07, 6.45) is 1.53. The third-order valence-electron chi connectivity index (χ3n) is 2.98. The molecule has 5 nitrogen and oxygen atoms in total. The molecule has 0 bridgehead atoms. The average molecular weight is 292 g/mol. The van der Waals surface area contributed by atoms with Crippen molar-refractivity contribution in [3.8, 4) is 0 Å². The lowest BCUT2D eigenvalue weighted by atomic mass is 10.1. The summed E-state index contributed by atoms with van der Waals surface area (Å²) < 4.78 is 12.9. The molecule has 2 N–H and O–H groups in total. The highest BCUT2D eigenvalue weighted by atomic mass is 35.5. The molecule has 1 unspecified atom stereocenters. The largest absolute Gasteiger partial charge is 0.362 e. The predicted octanol–water partition coefficient (Wildman–Crippen LogP) is 3.32. The molecular formula is C13H11ClFN5. The second-order valence-corrected chi connectivity index (χ2v) is 4.70. The molecule has 1 aromatic carbocycles. The Hall–Kier alpha value is -2.21. The number of H-pyrrole nitrogens is 1. The van der Waals surface area contributed by atoms with Crippen LogP contribution in [0.25, 0.3) is 11.2 Å². The summed E-state index contributed by atoms with van der Waals surface area (Å²) in [5, 5.41) is 3.34. The van der Waals surface area contributed by atoms with E-state index in [2.05, 4.69) is 25.3 Å². The zero-order valence-electron chi connectivity index (χ0n) is 10.6. The molecule has 0 saturated heterocycles. The monoisotopic (exact) mass is 291 g/mol. The van der Waals surface area contributed by atoms with Crippen molar-refractivity contribution in [3.63, 3.8) is 0 Å². The fourth-order valence-corrected chi connectivity index (χ4v) is 2.12. The highest BCUT2D eigenvalue weighted by molar-refractivity contribution is 6.28. The number of hydrogen-bond acceptors (Lipinski definition) is 4. The molecule has 7 heteroatoms. The van der Waals surface area contributed by atoms with Crippen LogP contribution >= 0.6 is 11.6 Å². The number of aromatic amines is 1. The molecule has 20 heavy (non-hydrogen) atoms. The third-order valence-corrected chi connectivity index (χ3v) is 3.15. The topological polar surface area (TPSA) is 66.5 Å². The van der Waals surface area contributed by atoms with Gasteiger partial charge in [-0.2, -0.15) is 9.97 Å². The molecule has 3 rings (SSSR count). The molecule has 1 atom stereocenters. The van der Waals surface area contributed by atoms with Gasteiger partial charge in [0.05, 0.1) is 12.4 Å². The van der Waals surface area contributed by atoms with E-state index < -0.39 is 0 Å². The number of rotatable bonds is 3. The first-order valence-electron chi connectivity index (χ1n) is 6.02. The first-order valence-corrected chi connectivity index (χ1v) is 6.40. The fourth-order valence-electron chi connectivity index (χ4n) is 1.95. The maximum Gasteiger partial charge on any atom is 0.226 e. The molecule has 0 aliphatic rings. The van der Waals surface area contributed by atoms with Crippen LogP contribution in [-0.2, 0) is 0 Å². The molecule has 102 valence electrons. The predicted molar refractivity (Wildman–Crippen MR) is 75.1 cm³/mol. The summed E-state index contributed by atoms with van der Waals surface area (Å²) in [5.74, 6) is 0.302. The zero-order valence-corrected chi connectivity index (χ0v) is 11.3. The van der Waals surface area contributed by atoms with Crippen LogP contribution < -0.4 is 5.32 Å². The molecule has 0 spiro atoms. The zero-order chi connectivity index (χ0) is 14.1. The van der Waals surface area contributed by atoms with E-state index in [1.165, 1.54) is 18.5 Å². The minimum atomic E-state index is -0.262. The van der Waals surface area contributed by atoms with E-state index in [1.807, 2.05) is 6.92 Å². The first kappa shape index (κ1) is 12.8. The van der Waals surface area contributed by atoms with Gasteiger partial charge in [0.15, 0.2) is 11.5 Å². The van der Waals surface area contributed by atoms with Gasteiger partial charge in [-0.15, -0.1) is 0 Å². The van der Waals surface area contributed by atoms with Crippen molar-refractivity contribution in [3.05, 3.63) is 47.3 Å². The highest BCUT2D eigenvalue weighted by Crippen LogP contribution is 2.23. The molecule has 2 aromatic heterocycles. The Morgan fingerprint density at radius 3 is 2.75 bits per heavy atom. The molecule has 0 amide bonds. The van der Waals surface area contributed by atoms with Gasteiger partial charge in [-0.3, -0.25) is 0 Å². The van der Waals surface area contributed by atoms with Crippen LogP contribution in [0, 0.1) is 5.82 Å². The standard InChI is InChI=1S/C13H11ClFN5/c1-7(8-2-4-9(15)5-3-8)18-12-10-11(17-6-16-10)19-13(14)20-12/h2-7H,1H3,(H2,16,17,18,19,20). The van der Waals surface area contributed by atoms with Gasteiger partial charge >= 0.3 is 0 Å². The van der Waals surface area contributed by atoms with Crippen molar-refractivity contribution in [2.24, 2.45) is 0 Å². The Morgan fingerprint density at radius 2 is 2.00 bits per heavy atom. The summed E-state index contributed by atoms with van der Waals surface area (Å²) in [4.78, 5) is 15.2. The van der Waals surface area contributed by atoms with E-state index in [4.69, 9.17) is 11.6 Å². The SMILES string of the molecule is CC(Nc1nc(Cl)nc2nc[nH]c12)c1ccc(F)cc1. The van der Waals surface area contributed by atoms with Crippen LogP contribution in [0.4, 0.5) is 10.2 Å². The average Bonchev–Trinajstić information content (AvgIpc) is 2.87. The van der Waals surface area contributed by atoms with Gasteiger partial charge in [0.2, 0.25) is 5.28 Å². The number of hydrogen-bond donors (Lipinski definition) is 2. The van der Waals surface area contributed by atoms with Crippen molar-refractivity contribution < 1.29 is 4.39 Å². The maximum absolute atomic E-state index is 12.9. The number of nitrogens with one attached hydrogen (secondary N) is 2. The van der Waals surface area contributed by atoms with Crippen LogP contribution in [0.1, 0.15) is 18.5 Å². The van der Waals surface area contributed by atoms with E-state index in [9.17, 15) is 4.39 Å². The number of fused-ring (bicyclic) bond motifs is 1. The number of aromatic nitrogens is 4. The minimum Gasteiger partial charge on any atom is -0.362 e. The van der Waals surface area contributed by atoms with E-state index >= 15 is 0 Å². The van der Waals surface area contributed by atoms with Crippen LogP contribution in [0.2, 0.25) is 5.28 Å². The Morgan fingerprint density at radius 1 is 1.25 bits per heavy atom. The molecule has 0 fully saturated rings. The van der Waals surface area contributed by atoms with Gasteiger partial charge in [-0.1, -0.05) is 12.1 Å². The van der Waals surface area contributed by atoms with Gasteiger partial charge in [0, 0.05) is 0 Å². The van der Waals surface area contributed by atoms with Crippen molar-refractivity contribution >= 4 is 28.6 Å². The normalized spacial score (nSPS) is 12.6. The van der Waals surface area contributed by atoms with Crippen LogP contribution in [0.3, 0.4) is 0 Å². The summed E-state index contributed by atoms with van der Waals surface area (Å²) in [6, 6.07) is 6.23. The Labute approximate surface area is 119 Å². The van der Waals surface area contributed by atoms with Crippen LogP contribution in [0.15, 0.2) is 30.6 Å². The molecule has 3 aromatic rings. The molecule has 0 radical (unpaired) electrons. The summed E-state index contributed by atoms with van der Waals surface area (Å²) in [5.41, 5.74) is 2.12. The molecule has 0 aliphatic heterocycles. The quantitative estimate of drug-likeness (QED) is 0.727. The highest BCUT2D eigenvalue weighted by Gasteiger charge is 2.12. The summed E-state index contributed by atoms with van der Waals surface area (Å²) >= 11 is 5.87. The maximum atomic E-state index is 12.9. The van der Waals surface area contributed by atoms with Crippen LogP contribution in [-0.4, -0.2) is 19.9 Å². The number of anilines is 1. The van der Waals surface area contributed by atoms with Crippen molar-refractivity contribution in [1.29, 1.82) is 0 Å². The van der Waals surface area contributed by atoms with Crippen molar-refractivity contribution in [2.75, 3.05) is 5.32 Å². The van der Waals surface area contributed by atoms with Crippen molar-refractivity contribution in [2.45, 2.75) is 13.0 Å². The van der Waals surface area contributed by atoms with E-state index in [-0.39, 0.29) is 17.1 Å². The number of halogens is 2. The Bertz CT molecular complexity index is 740. The molecule has 0 saturated carbocycles. The van der Waals surface area contributed by atoms with Gasteiger partial charge in [-0.05, 0) is 36.2 Å². The van der Waals surface area contributed by atoms with Crippen LogP contribution in [0.5, 0.6) is 0 Å². The molecule has 0 aliphatic carbocycles. The van der Waals surface area contributed by atoms with E-state index in [0.29, 0.717) is 17.0 Å². The minimum absolute atomic E-state index is 0.0620. The fraction of sp³-hybridized carbons (Fsp3) is 0.154. The molecular weight excluding hydrogens is 281 g/mol. The number of imidazole rings is 1. The second-order valence-electron chi connectivity index (χ2n) is 4.36. The van der Waals surface area contributed by atoms with Gasteiger partial charge in [0.25, 0.3) is 0 Å². The summed E-state index contributed by atoms with van der Waals surface area (Å²) in [6.45, 7) is 1.95. The van der Waals surface area contributed by atoms with E-state index in [0.717, 1.165) is 5.56 Å². The van der Waals surface area contributed by atoms with Gasteiger partial charge in [-0.25, -0.2) is 9.37 Å². The van der Waals surface area contributed by atoms with Gasteiger partial charge in [0.1, 0.15) is 11.3 Å². The summed E-state index contributed by atoms with van der Waals surface area (Å²) in [7, 11) is 0. The smallest absolute Gasteiger partial charge is 0.226 e. The molecule has 2 heterocycles. The van der Waals surface area contributed by atoms with E-state index in [1.54, 1.807) is 12.1 Å². The number of nitrogens with zero attached hydrogens (tertiary/aromatic N) is 3. The lowest BCUT2D eigenvalue weighted by Crippen LogP contribution is -2.09. The lowest BCUT2D eigenvalue weighted by Gasteiger charge is -2.15. The second kappa shape index (κ2) is 5.05. The lowest BCUT2D eigenvalue weighted by molar-refractivity contribution is 0.626. The van der Waals surface area contributed by atoms with Gasteiger partial charge < -0.3 is 10.3 Å². The third kappa shape index (κ3) is 2.42.